The fraction of sp³-hybridized carbons (Fsp3) is 0.680. The minimum absolute atomic E-state index is 0.131. The number of benzene rings is 1. The number of hydrogen-bond acceptors (Lipinski definition) is 6. The van der Waals surface area contributed by atoms with E-state index >= 15 is 0 Å². The molecule has 1 saturated carbocycles. The lowest BCUT2D eigenvalue weighted by molar-refractivity contribution is -0.124. The molecule has 2 N–H and O–H groups in total. The van der Waals surface area contributed by atoms with Gasteiger partial charge in [-0.05, 0) is 55.7 Å². The molecule has 4 fully saturated rings. The molecule has 1 aromatic carbocycles. The van der Waals surface area contributed by atoms with Crippen LogP contribution in [-0.2, 0) is 16.0 Å². The van der Waals surface area contributed by atoms with Gasteiger partial charge in [0, 0.05) is 50.4 Å². The van der Waals surface area contributed by atoms with E-state index in [1.54, 1.807) is 12.1 Å². The van der Waals surface area contributed by atoms with Gasteiger partial charge in [-0.3, -0.25) is 9.69 Å². The fourth-order valence-electron chi connectivity index (χ4n) is 6.09. The number of amides is 1. The highest BCUT2D eigenvalue weighted by Gasteiger charge is 2.43. The molecule has 5 rings (SSSR count). The Hall–Kier alpha value is -2.21. The van der Waals surface area contributed by atoms with E-state index in [-0.39, 0.29) is 24.2 Å². The zero-order valence-corrected chi connectivity index (χ0v) is 19.1. The molecule has 0 aromatic heterocycles. The molecule has 33 heavy (non-hydrogen) atoms. The molecule has 3 heterocycles. The van der Waals surface area contributed by atoms with Crippen LogP contribution in [0.25, 0.3) is 0 Å². The maximum Gasteiger partial charge on any atom is 0.238 e. The largest absolute Gasteiger partial charge is 0.379 e. The van der Waals surface area contributed by atoms with Crippen LogP contribution in [-0.4, -0.2) is 74.4 Å². The van der Waals surface area contributed by atoms with Gasteiger partial charge in [0.1, 0.15) is 11.9 Å². The molecule has 178 valence electrons. The SMILES string of the molecule is N#C[C@H](Cc1ccc(N2CCC(N3CCOCC3)CC2)cc1F)NC(=O)[C@H]1N[C@@H]2CC[C@H]1C2. The van der Waals surface area contributed by atoms with Crippen molar-refractivity contribution in [2.24, 2.45) is 5.92 Å². The van der Waals surface area contributed by atoms with E-state index in [1.807, 2.05) is 6.07 Å². The summed E-state index contributed by atoms with van der Waals surface area (Å²) in [6, 6.07) is 7.50. The van der Waals surface area contributed by atoms with E-state index in [9.17, 15) is 14.4 Å². The molecule has 4 aliphatic rings. The van der Waals surface area contributed by atoms with E-state index in [2.05, 4.69) is 26.5 Å². The van der Waals surface area contributed by atoms with Crippen molar-refractivity contribution < 1.29 is 13.9 Å². The standard InChI is InChI=1S/C25H34FN5O2/c26-23-15-22(30-7-5-21(6-8-30)31-9-11-33-12-10-31)4-2-17(23)13-20(16-27)29-25(32)24-18-1-3-19(14-18)28-24/h2,4,15,18-21,24,28H,1,3,5-14H2,(H,29,32)/t18-,19+,20-,24-/m0/s1. The molecular formula is C25H34FN5O2. The average molecular weight is 456 g/mol. The van der Waals surface area contributed by atoms with E-state index in [4.69, 9.17) is 4.74 Å². The van der Waals surface area contributed by atoms with Gasteiger partial charge in [-0.1, -0.05) is 6.07 Å². The summed E-state index contributed by atoms with van der Waals surface area (Å²) in [6.07, 6.45) is 5.54. The summed E-state index contributed by atoms with van der Waals surface area (Å²) >= 11 is 0. The summed E-state index contributed by atoms with van der Waals surface area (Å²) in [5.74, 6) is -0.0815. The highest BCUT2D eigenvalue weighted by Crippen LogP contribution is 2.35. The monoisotopic (exact) mass is 455 g/mol. The van der Waals surface area contributed by atoms with Crippen molar-refractivity contribution in [3.8, 4) is 6.07 Å². The van der Waals surface area contributed by atoms with Gasteiger partial charge < -0.3 is 20.3 Å². The molecule has 3 saturated heterocycles. The quantitative estimate of drug-likeness (QED) is 0.681. The van der Waals surface area contributed by atoms with Gasteiger partial charge in [0.15, 0.2) is 0 Å². The number of nitriles is 1. The Labute approximate surface area is 195 Å². The Morgan fingerprint density at radius 3 is 2.64 bits per heavy atom. The number of ether oxygens (including phenoxy) is 1. The minimum Gasteiger partial charge on any atom is -0.379 e. The van der Waals surface area contributed by atoms with Gasteiger partial charge in [0.2, 0.25) is 5.91 Å². The van der Waals surface area contributed by atoms with E-state index < -0.39 is 6.04 Å². The van der Waals surface area contributed by atoms with Gasteiger partial charge in [-0.2, -0.15) is 5.26 Å². The summed E-state index contributed by atoms with van der Waals surface area (Å²) in [5, 5.41) is 15.7. The molecule has 3 aliphatic heterocycles. The van der Waals surface area contributed by atoms with Crippen molar-refractivity contribution in [3.63, 3.8) is 0 Å². The molecule has 0 spiro atoms. The first-order chi connectivity index (χ1) is 16.1. The maximum atomic E-state index is 14.9. The first kappa shape index (κ1) is 22.6. The second-order valence-electron chi connectivity index (χ2n) is 9.95. The van der Waals surface area contributed by atoms with E-state index in [1.165, 1.54) is 0 Å². The first-order valence-corrected chi connectivity index (χ1v) is 12.4. The highest BCUT2D eigenvalue weighted by atomic mass is 19.1. The molecule has 0 radical (unpaired) electrons. The Morgan fingerprint density at radius 1 is 1.21 bits per heavy atom. The van der Waals surface area contributed by atoms with Crippen LogP contribution in [0.4, 0.5) is 10.1 Å². The number of nitrogens with zero attached hydrogens (tertiary/aromatic N) is 3. The van der Waals surface area contributed by atoms with Crippen LogP contribution in [0.5, 0.6) is 0 Å². The lowest BCUT2D eigenvalue weighted by Gasteiger charge is -2.40. The van der Waals surface area contributed by atoms with Crippen LogP contribution in [0.1, 0.15) is 37.7 Å². The summed E-state index contributed by atoms with van der Waals surface area (Å²) in [4.78, 5) is 17.4. The predicted octanol–water partition coefficient (Wildman–Crippen LogP) is 1.82. The number of nitrogens with one attached hydrogen (secondary N) is 2. The van der Waals surface area contributed by atoms with Crippen molar-refractivity contribution in [1.82, 2.24) is 15.5 Å². The molecule has 7 nitrogen and oxygen atoms in total. The topological polar surface area (TPSA) is 80.6 Å². The van der Waals surface area contributed by atoms with E-state index in [0.29, 0.717) is 23.6 Å². The Balaban J connectivity index is 1.15. The van der Waals surface area contributed by atoms with Gasteiger partial charge in [-0.15, -0.1) is 0 Å². The number of halogens is 1. The smallest absolute Gasteiger partial charge is 0.238 e. The molecule has 1 amide bonds. The number of hydrogen-bond donors (Lipinski definition) is 2. The third-order valence-corrected chi connectivity index (χ3v) is 7.97. The molecule has 1 aromatic rings. The molecule has 1 aliphatic carbocycles. The molecule has 4 atom stereocenters. The van der Waals surface area contributed by atoms with Crippen molar-refractivity contribution in [2.45, 2.75) is 62.7 Å². The highest BCUT2D eigenvalue weighted by molar-refractivity contribution is 5.83. The Morgan fingerprint density at radius 2 is 2.00 bits per heavy atom. The van der Waals surface area contributed by atoms with Crippen LogP contribution >= 0.6 is 0 Å². The summed E-state index contributed by atoms with van der Waals surface area (Å²) in [6.45, 7) is 5.46. The maximum absolute atomic E-state index is 14.9. The van der Waals surface area contributed by atoms with Crippen LogP contribution in [0.15, 0.2) is 18.2 Å². The van der Waals surface area contributed by atoms with Gasteiger partial charge in [0.25, 0.3) is 0 Å². The Bertz CT molecular complexity index is 891. The van der Waals surface area contributed by atoms with Crippen LogP contribution in [0.2, 0.25) is 0 Å². The first-order valence-electron chi connectivity index (χ1n) is 12.4. The number of carbonyl (C=O) groups excluding carboxylic acids is 1. The van der Waals surface area contributed by atoms with Gasteiger partial charge >= 0.3 is 0 Å². The molecule has 0 unspecified atom stereocenters. The average Bonchev–Trinajstić information content (AvgIpc) is 3.49. The summed E-state index contributed by atoms with van der Waals surface area (Å²) < 4.78 is 20.4. The second-order valence-corrected chi connectivity index (χ2v) is 9.95. The molecular weight excluding hydrogens is 421 g/mol. The van der Waals surface area contributed by atoms with Crippen molar-refractivity contribution in [1.29, 1.82) is 5.26 Å². The second kappa shape index (κ2) is 9.96. The van der Waals surface area contributed by atoms with Gasteiger partial charge in [0.05, 0.1) is 25.3 Å². The lowest BCUT2D eigenvalue weighted by Crippen LogP contribution is -2.50. The lowest BCUT2D eigenvalue weighted by atomic mass is 9.98. The fourth-order valence-corrected chi connectivity index (χ4v) is 6.09. The van der Waals surface area contributed by atoms with Crippen molar-refractivity contribution in [3.05, 3.63) is 29.6 Å². The van der Waals surface area contributed by atoms with Crippen LogP contribution < -0.4 is 15.5 Å². The zero-order valence-electron chi connectivity index (χ0n) is 19.1. The summed E-state index contributed by atoms with van der Waals surface area (Å²) in [5.41, 5.74) is 1.36. The zero-order chi connectivity index (χ0) is 22.8. The van der Waals surface area contributed by atoms with Crippen LogP contribution in [0, 0.1) is 23.1 Å². The van der Waals surface area contributed by atoms with Gasteiger partial charge in [-0.25, -0.2) is 4.39 Å². The number of piperidine rings is 2. The normalized spacial score (nSPS) is 29.1. The minimum atomic E-state index is -0.733. The predicted molar refractivity (Wildman–Crippen MR) is 123 cm³/mol. The number of carbonyl (C=O) groups is 1. The third-order valence-electron chi connectivity index (χ3n) is 7.97. The summed E-state index contributed by atoms with van der Waals surface area (Å²) in [7, 11) is 0. The van der Waals surface area contributed by atoms with Crippen molar-refractivity contribution >= 4 is 11.6 Å². The Kier molecular flexibility index (Phi) is 6.81. The van der Waals surface area contributed by atoms with Crippen LogP contribution in [0.3, 0.4) is 0 Å². The number of rotatable bonds is 6. The molecule has 2 bridgehead atoms. The number of anilines is 1. The molecule has 8 heteroatoms. The van der Waals surface area contributed by atoms with Crippen molar-refractivity contribution in [2.75, 3.05) is 44.3 Å². The number of fused-ring (bicyclic) bond motifs is 2. The third kappa shape index (κ3) is 5.01. The van der Waals surface area contributed by atoms with E-state index in [0.717, 1.165) is 77.2 Å². The number of morpholine rings is 1.